The van der Waals surface area contributed by atoms with E-state index in [1.54, 1.807) is 0 Å². The third-order valence-electron chi connectivity index (χ3n) is 2.24. The maximum Gasteiger partial charge on any atom is 0.348 e. The standard InChI is InChI=1S/C9H9N7O3/c10-14-8-3-11-6(1-12-8)4-15-5-7(16(18)19)2-13-9(15)17/h1-3,5H,4,10H2,(H,12,14). The molecule has 0 fully saturated rings. The van der Waals surface area contributed by atoms with Crippen molar-refractivity contribution in [2.24, 2.45) is 5.84 Å². The maximum atomic E-state index is 11.5. The Morgan fingerprint density at radius 2 is 2.11 bits per heavy atom. The second kappa shape index (κ2) is 5.18. The Kier molecular flexibility index (Phi) is 3.43. The molecule has 0 saturated heterocycles. The maximum absolute atomic E-state index is 11.5. The van der Waals surface area contributed by atoms with Gasteiger partial charge >= 0.3 is 11.4 Å². The molecule has 0 amide bonds. The summed E-state index contributed by atoms with van der Waals surface area (Å²) in [6, 6.07) is 0. The molecule has 0 atom stereocenters. The first kappa shape index (κ1) is 12.6. The molecule has 0 radical (unpaired) electrons. The molecule has 2 aromatic rings. The van der Waals surface area contributed by atoms with Crippen molar-refractivity contribution in [2.75, 3.05) is 5.43 Å². The van der Waals surface area contributed by atoms with E-state index in [9.17, 15) is 14.9 Å². The average molecular weight is 263 g/mol. The fourth-order valence-corrected chi connectivity index (χ4v) is 1.34. The van der Waals surface area contributed by atoms with Gasteiger partial charge in [-0.25, -0.2) is 15.6 Å². The van der Waals surface area contributed by atoms with Crippen LogP contribution in [-0.2, 0) is 6.54 Å². The summed E-state index contributed by atoms with van der Waals surface area (Å²) in [7, 11) is 0. The number of anilines is 1. The van der Waals surface area contributed by atoms with Crippen molar-refractivity contribution < 1.29 is 4.92 Å². The van der Waals surface area contributed by atoms with E-state index in [-0.39, 0.29) is 12.2 Å². The normalized spacial score (nSPS) is 10.2. The van der Waals surface area contributed by atoms with E-state index in [1.807, 2.05) is 0 Å². The van der Waals surface area contributed by atoms with Crippen LogP contribution in [0.25, 0.3) is 0 Å². The van der Waals surface area contributed by atoms with E-state index in [0.29, 0.717) is 11.5 Å². The van der Waals surface area contributed by atoms with Gasteiger partial charge in [0.1, 0.15) is 6.20 Å². The monoisotopic (exact) mass is 263 g/mol. The summed E-state index contributed by atoms with van der Waals surface area (Å²) in [6.07, 6.45) is 4.80. The van der Waals surface area contributed by atoms with Crippen molar-refractivity contribution in [1.82, 2.24) is 19.5 Å². The lowest BCUT2D eigenvalue weighted by molar-refractivity contribution is -0.385. The molecule has 2 heterocycles. The summed E-state index contributed by atoms with van der Waals surface area (Å²) in [4.78, 5) is 32.8. The number of aromatic nitrogens is 4. The van der Waals surface area contributed by atoms with Gasteiger partial charge in [-0.05, 0) is 0 Å². The summed E-state index contributed by atoms with van der Waals surface area (Å²) in [6.45, 7) is 0.0331. The molecule has 0 aromatic carbocycles. The molecule has 98 valence electrons. The van der Waals surface area contributed by atoms with Crippen molar-refractivity contribution in [2.45, 2.75) is 6.54 Å². The van der Waals surface area contributed by atoms with Gasteiger partial charge < -0.3 is 5.43 Å². The van der Waals surface area contributed by atoms with Gasteiger partial charge in [-0.1, -0.05) is 0 Å². The van der Waals surface area contributed by atoms with Crippen LogP contribution in [0.5, 0.6) is 0 Å². The van der Waals surface area contributed by atoms with Crippen molar-refractivity contribution in [3.63, 3.8) is 0 Å². The zero-order chi connectivity index (χ0) is 13.8. The van der Waals surface area contributed by atoms with Crippen LogP contribution < -0.4 is 17.0 Å². The molecule has 0 aliphatic heterocycles. The first-order valence-corrected chi connectivity index (χ1v) is 5.08. The lowest BCUT2D eigenvalue weighted by Crippen LogP contribution is -2.23. The largest absolute Gasteiger partial charge is 0.348 e. The number of rotatable bonds is 4. The zero-order valence-electron chi connectivity index (χ0n) is 9.55. The van der Waals surface area contributed by atoms with Gasteiger partial charge in [-0.15, -0.1) is 0 Å². The van der Waals surface area contributed by atoms with E-state index in [0.717, 1.165) is 17.0 Å². The highest BCUT2D eigenvalue weighted by Crippen LogP contribution is 2.06. The summed E-state index contributed by atoms with van der Waals surface area (Å²) >= 11 is 0. The number of nitrogens with zero attached hydrogens (tertiary/aromatic N) is 5. The topological polar surface area (TPSA) is 142 Å². The van der Waals surface area contributed by atoms with Crippen LogP contribution in [0, 0.1) is 10.1 Å². The Morgan fingerprint density at radius 1 is 1.32 bits per heavy atom. The third kappa shape index (κ3) is 2.87. The van der Waals surface area contributed by atoms with Gasteiger partial charge in [0.05, 0.1) is 35.8 Å². The quantitative estimate of drug-likeness (QED) is 0.418. The van der Waals surface area contributed by atoms with E-state index in [4.69, 9.17) is 5.84 Å². The smallest absolute Gasteiger partial charge is 0.307 e. The second-order valence-electron chi connectivity index (χ2n) is 3.52. The second-order valence-corrected chi connectivity index (χ2v) is 3.52. The predicted octanol–water partition coefficient (Wildman–Crippen LogP) is -0.725. The zero-order valence-corrected chi connectivity index (χ0v) is 9.55. The van der Waals surface area contributed by atoms with Gasteiger partial charge in [-0.2, -0.15) is 4.98 Å². The number of hydrogen-bond acceptors (Lipinski definition) is 8. The molecule has 0 aliphatic carbocycles. The van der Waals surface area contributed by atoms with Crippen molar-refractivity contribution in [3.8, 4) is 0 Å². The Balaban J connectivity index is 2.29. The SMILES string of the molecule is NNc1cnc(Cn2cc([N+](=O)[O-])cnc2=O)cn1. The molecule has 0 unspecified atom stereocenters. The van der Waals surface area contributed by atoms with Crippen LogP contribution in [0.4, 0.5) is 11.5 Å². The Hall–Kier alpha value is -2.88. The van der Waals surface area contributed by atoms with E-state index < -0.39 is 10.6 Å². The Bertz CT molecular complexity index is 652. The molecule has 2 aromatic heterocycles. The summed E-state index contributed by atoms with van der Waals surface area (Å²) in [5.41, 5.74) is 1.88. The van der Waals surface area contributed by atoms with Crippen LogP contribution >= 0.6 is 0 Å². The highest BCUT2D eigenvalue weighted by Gasteiger charge is 2.09. The molecule has 19 heavy (non-hydrogen) atoms. The molecular weight excluding hydrogens is 254 g/mol. The molecule has 10 nitrogen and oxygen atoms in total. The lowest BCUT2D eigenvalue weighted by Gasteiger charge is -2.04. The summed E-state index contributed by atoms with van der Waals surface area (Å²) in [5, 5.41) is 10.6. The number of hydrazine groups is 1. The summed E-state index contributed by atoms with van der Waals surface area (Å²) in [5.74, 6) is 5.51. The molecular formula is C9H9N7O3. The molecule has 0 saturated carbocycles. The van der Waals surface area contributed by atoms with E-state index in [1.165, 1.54) is 12.4 Å². The van der Waals surface area contributed by atoms with E-state index in [2.05, 4.69) is 20.4 Å². The third-order valence-corrected chi connectivity index (χ3v) is 2.24. The lowest BCUT2D eigenvalue weighted by atomic mass is 10.4. The van der Waals surface area contributed by atoms with Crippen molar-refractivity contribution in [3.05, 3.63) is 51.1 Å². The van der Waals surface area contributed by atoms with E-state index >= 15 is 0 Å². The predicted molar refractivity (Wildman–Crippen MR) is 64.1 cm³/mol. The highest BCUT2D eigenvalue weighted by atomic mass is 16.6. The van der Waals surface area contributed by atoms with Gasteiger partial charge in [0.15, 0.2) is 5.82 Å². The van der Waals surface area contributed by atoms with Gasteiger partial charge in [-0.3, -0.25) is 19.7 Å². The molecule has 2 rings (SSSR count). The average Bonchev–Trinajstić information content (AvgIpc) is 2.42. The minimum Gasteiger partial charge on any atom is -0.307 e. The summed E-state index contributed by atoms with van der Waals surface area (Å²) < 4.78 is 1.08. The minimum atomic E-state index is -0.629. The number of nitrogen functional groups attached to an aromatic ring is 1. The first-order valence-electron chi connectivity index (χ1n) is 5.08. The first-order chi connectivity index (χ1) is 9.10. The van der Waals surface area contributed by atoms with Crippen LogP contribution in [0.15, 0.2) is 29.6 Å². The molecule has 0 bridgehead atoms. The number of nitrogens with two attached hydrogens (primary N) is 1. The van der Waals surface area contributed by atoms with Gasteiger partial charge in [0.2, 0.25) is 0 Å². The van der Waals surface area contributed by atoms with Gasteiger partial charge in [0, 0.05) is 0 Å². The Labute approximate surface area is 106 Å². The van der Waals surface area contributed by atoms with Crippen molar-refractivity contribution >= 4 is 11.5 Å². The number of hydrogen-bond donors (Lipinski definition) is 2. The van der Waals surface area contributed by atoms with Crippen molar-refractivity contribution in [1.29, 1.82) is 0 Å². The number of nitro groups is 1. The van der Waals surface area contributed by atoms with Crippen LogP contribution in [-0.4, -0.2) is 24.4 Å². The fourth-order valence-electron chi connectivity index (χ4n) is 1.34. The van der Waals surface area contributed by atoms with Crippen LogP contribution in [0.2, 0.25) is 0 Å². The molecule has 3 N–H and O–H groups in total. The van der Waals surface area contributed by atoms with Crippen LogP contribution in [0.3, 0.4) is 0 Å². The highest BCUT2D eigenvalue weighted by molar-refractivity contribution is 5.28. The number of nitrogens with one attached hydrogen (secondary N) is 1. The van der Waals surface area contributed by atoms with Gasteiger partial charge in [0.25, 0.3) is 0 Å². The van der Waals surface area contributed by atoms with Crippen LogP contribution in [0.1, 0.15) is 5.69 Å². The minimum absolute atomic E-state index is 0.0331. The Morgan fingerprint density at radius 3 is 2.68 bits per heavy atom. The fraction of sp³-hybridized carbons (Fsp3) is 0.111. The molecule has 10 heteroatoms. The molecule has 0 aliphatic rings. The molecule has 0 spiro atoms.